The third-order valence-corrected chi connectivity index (χ3v) is 3.26. The zero-order valence-corrected chi connectivity index (χ0v) is 8.68. The van der Waals surface area contributed by atoms with E-state index in [-0.39, 0.29) is 11.3 Å². The van der Waals surface area contributed by atoms with Crippen LogP contribution in [0, 0.1) is 5.41 Å². The molecular weight excluding hydrogens is 202 g/mol. The topological polar surface area (TPSA) is 67.8 Å². The van der Waals surface area contributed by atoms with Crippen LogP contribution in [0.25, 0.3) is 0 Å². The minimum Gasteiger partial charge on any atom is -0.370 e. The van der Waals surface area contributed by atoms with Gasteiger partial charge in [-0.2, -0.15) is 10.2 Å². The van der Waals surface area contributed by atoms with Crippen LogP contribution in [0.3, 0.4) is 0 Å². The van der Waals surface area contributed by atoms with Crippen molar-refractivity contribution in [2.75, 3.05) is 0 Å². The van der Waals surface area contributed by atoms with Gasteiger partial charge in [0.05, 0.1) is 11.9 Å². The molecule has 1 atom stereocenters. The summed E-state index contributed by atoms with van der Waals surface area (Å²) in [6.45, 7) is 0. The summed E-state index contributed by atoms with van der Waals surface area (Å²) in [6.07, 6.45) is 10.9. The van der Waals surface area contributed by atoms with Crippen LogP contribution in [-0.2, 0) is 4.79 Å². The molecule has 3 rings (SSSR count). The summed E-state index contributed by atoms with van der Waals surface area (Å²) in [4.78, 5) is 11.2. The molecule has 0 saturated carbocycles. The average molecular weight is 213 g/mol. The number of hydrogen-bond acceptors (Lipinski definition) is 3. The normalized spacial score (nSPS) is 29.4. The van der Waals surface area contributed by atoms with Gasteiger partial charge in [0.1, 0.15) is 0 Å². The number of azo groups is 1. The monoisotopic (exact) mass is 213 g/mol. The van der Waals surface area contributed by atoms with Crippen molar-refractivity contribution in [1.29, 1.82) is 0 Å². The Hall–Kier alpha value is -1.97. The molecule has 1 aliphatic heterocycles. The van der Waals surface area contributed by atoms with Crippen molar-refractivity contribution >= 4 is 5.91 Å². The number of hydrogen-bond donors (Lipinski definition) is 1. The van der Waals surface area contributed by atoms with Crippen LogP contribution < -0.4 is 5.73 Å². The lowest BCUT2D eigenvalue weighted by atomic mass is 9.70. The highest BCUT2D eigenvalue weighted by atomic mass is 16.1. The molecule has 2 aliphatic carbocycles. The molecule has 16 heavy (non-hydrogen) atoms. The molecule has 1 unspecified atom stereocenters. The molecule has 4 heteroatoms. The standard InChI is InChI=1S/C12H11N3O/c13-11(16)6-12-3-1-2-9(12)4-10-8(5-12)7-14-15-10/h1-4,7H,5-6H2,(H2,13,16). The van der Waals surface area contributed by atoms with Crippen LogP contribution in [-0.4, -0.2) is 5.91 Å². The van der Waals surface area contributed by atoms with Gasteiger partial charge in [0.25, 0.3) is 0 Å². The first-order chi connectivity index (χ1) is 7.70. The molecule has 0 aromatic carbocycles. The van der Waals surface area contributed by atoms with Crippen LogP contribution in [0.5, 0.6) is 0 Å². The van der Waals surface area contributed by atoms with Crippen LogP contribution in [0.2, 0.25) is 0 Å². The molecule has 0 aromatic heterocycles. The Morgan fingerprint density at radius 3 is 3.25 bits per heavy atom. The number of fused-ring (bicyclic) bond motifs is 2. The molecule has 0 fully saturated rings. The molecule has 1 heterocycles. The van der Waals surface area contributed by atoms with Crippen molar-refractivity contribution in [3.05, 3.63) is 47.3 Å². The average Bonchev–Trinajstić information content (AvgIpc) is 2.77. The third kappa shape index (κ3) is 1.19. The fourth-order valence-corrected chi connectivity index (χ4v) is 2.52. The van der Waals surface area contributed by atoms with Gasteiger partial charge in [-0.1, -0.05) is 18.2 Å². The highest BCUT2D eigenvalue weighted by Gasteiger charge is 2.40. The van der Waals surface area contributed by atoms with E-state index in [1.54, 1.807) is 6.20 Å². The number of rotatable bonds is 2. The number of carbonyl (C=O) groups excluding carboxylic acids is 1. The summed E-state index contributed by atoms with van der Waals surface area (Å²) in [5, 5.41) is 7.93. The van der Waals surface area contributed by atoms with Crippen LogP contribution in [0.1, 0.15) is 12.8 Å². The van der Waals surface area contributed by atoms with E-state index in [1.807, 2.05) is 18.2 Å². The van der Waals surface area contributed by atoms with Crippen LogP contribution in [0.4, 0.5) is 0 Å². The Balaban J connectivity index is 2.05. The number of carbonyl (C=O) groups is 1. The second-order valence-electron chi connectivity index (χ2n) is 4.36. The maximum Gasteiger partial charge on any atom is 0.218 e. The van der Waals surface area contributed by atoms with Gasteiger partial charge in [-0.05, 0) is 18.1 Å². The van der Waals surface area contributed by atoms with E-state index < -0.39 is 0 Å². The van der Waals surface area contributed by atoms with Crippen molar-refractivity contribution in [1.82, 2.24) is 0 Å². The molecule has 0 saturated heterocycles. The lowest BCUT2D eigenvalue weighted by Gasteiger charge is -2.32. The summed E-state index contributed by atoms with van der Waals surface area (Å²) in [6, 6.07) is 0. The maximum atomic E-state index is 11.2. The molecule has 0 aromatic rings. The van der Waals surface area contributed by atoms with E-state index in [2.05, 4.69) is 16.3 Å². The first-order valence-electron chi connectivity index (χ1n) is 5.20. The summed E-state index contributed by atoms with van der Waals surface area (Å²) >= 11 is 0. The Labute approximate surface area is 92.9 Å². The molecule has 0 bridgehead atoms. The van der Waals surface area contributed by atoms with Gasteiger partial charge in [0, 0.05) is 17.4 Å². The minimum atomic E-state index is -0.276. The van der Waals surface area contributed by atoms with Crippen LogP contribution in [0.15, 0.2) is 57.6 Å². The smallest absolute Gasteiger partial charge is 0.218 e. The van der Waals surface area contributed by atoms with Gasteiger partial charge in [-0.15, -0.1) is 0 Å². The molecule has 80 valence electrons. The number of amides is 1. The van der Waals surface area contributed by atoms with E-state index in [0.29, 0.717) is 6.42 Å². The summed E-state index contributed by atoms with van der Waals surface area (Å²) < 4.78 is 0. The molecule has 3 aliphatic rings. The summed E-state index contributed by atoms with van der Waals surface area (Å²) in [5.41, 5.74) is 8.18. The van der Waals surface area contributed by atoms with E-state index >= 15 is 0 Å². The Kier molecular flexibility index (Phi) is 1.74. The van der Waals surface area contributed by atoms with E-state index in [4.69, 9.17) is 5.73 Å². The lowest BCUT2D eigenvalue weighted by Crippen LogP contribution is -2.29. The van der Waals surface area contributed by atoms with Crippen molar-refractivity contribution in [3.8, 4) is 0 Å². The highest BCUT2D eigenvalue weighted by Crippen LogP contribution is 2.49. The SMILES string of the molecule is NC(=O)CC12C=CC=C1C=C1N=NC=C1C2. The van der Waals surface area contributed by atoms with Crippen molar-refractivity contribution in [3.63, 3.8) is 0 Å². The minimum absolute atomic E-state index is 0.253. The van der Waals surface area contributed by atoms with Gasteiger partial charge in [0.15, 0.2) is 0 Å². The Bertz CT molecular complexity index is 522. The molecule has 0 radical (unpaired) electrons. The highest BCUT2D eigenvalue weighted by molar-refractivity contribution is 5.77. The van der Waals surface area contributed by atoms with E-state index in [0.717, 1.165) is 23.3 Å². The van der Waals surface area contributed by atoms with Gasteiger partial charge in [0.2, 0.25) is 5.91 Å². The second-order valence-corrected chi connectivity index (χ2v) is 4.36. The van der Waals surface area contributed by atoms with Gasteiger partial charge < -0.3 is 5.73 Å². The fourth-order valence-electron chi connectivity index (χ4n) is 2.52. The first kappa shape index (κ1) is 9.27. The largest absolute Gasteiger partial charge is 0.370 e. The third-order valence-electron chi connectivity index (χ3n) is 3.26. The summed E-state index contributed by atoms with van der Waals surface area (Å²) in [5.74, 6) is -0.276. The molecule has 1 amide bonds. The summed E-state index contributed by atoms with van der Waals surface area (Å²) in [7, 11) is 0. The zero-order chi connectivity index (χ0) is 11.2. The van der Waals surface area contributed by atoms with Gasteiger partial charge in [-0.25, -0.2) is 0 Å². The van der Waals surface area contributed by atoms with Crippen LogP contribution >= 0.6 is 0 Å². The van der Waals surface area contributed by atoms with Gasteiger partial charge in [-0.3, -0.25) is 4.79 Å². The number of allylic oxidation sites excluding steroid dienone is 6. The molecule has 0 spiro atoms. The quantitative estimate of drug-likeness (QED) is 0.748. The van der Waals surface area contributed by atoms with E-state index in [1.165, 1.54) is 0 Å². The van der Waals surface area contributed by atoms with E-state index in [9.17, 15) is 4.79 Å². The second kappa shape index (κ2) is 3.01. The fraction of sp³-hybridized carbons (Fsp3) is 0.250. The molecular formula is C12H11N3O. The molecule has 4 nitrogen and oxygen atoms in total. The first-order valence-corrected chi connectivity index (χ1v) is 5.20. The van der Waals surface area contributed by atoms with Gasteiger partial charge >= 0.3 is 0 Å². The zero-order valence-electron chi connectivity index (χ0n) is 8.68. The number of nitrogens with zero attached hydrogens (tertiary/aromatic N) is 2. The van der Waals surface area contributed by atoms with Crippen molar-refractivity contribution < 1.29 is 4.79 Å². The van der Waals surface area contributed by atoms with Crippen molar-refractivity contribution in [2.24, 2.45) is 21.4 Å². The lowest BCUT2D eigenvalue weighted by molar-refractivity contribution is -0.119. The Morgan fingerprint density at radius 2 is 2.44 bits per heavy atom. The Morgan fingerprint density at radius 1 is 1.56 bits per heavy atom. The number of primary amides is 1. The predicted molar refractivity (Wildman–Crippen MR) is 59.1 cm³/mol. The molecule has 2 N–H and O–H groups in total. The maximum absolute atomic E-state index is 11.2. The predicted octanol–water partition coefficient (Wildman–Crippen LogP) is 1.98. The number of nitrogens with two attached hydrogens (primary N) is 1. The van der Waals surface area contributed by atoms with Crippen molar-refractivity contribution in [2.45, 2.75) is 12.8 Å².